The number of nitrogens with zero attached hydrogens (tertiary/aromatic N) is 3. The first-order valence-electron chi connectivity index (χ1n) is 10.1. The van der Waals surface area contributed by atoms with Crippen LogP contribution in [0.4, 0.5) is 10.5 Å². The summed E-state index contributed by atoms with van der Waals surface area (Å²) in [6.07, 6.45) is 2.74. The van der Waals surface area contributed by atoms with Crippen LogP contribution >= 0.6 is 39.3 Å². The summed E-state index contributed by atoms with van der Waals surface area (Å²) in [6, 6.07) is 15.5. The molecule has 2 aromatic rings. The summed E-state index contributed by atoms with van der Waals surface area (Å²) in [7, 11) is 0. The highest BCUT2D eigenvalue weighted by atomic mass is 79.9. The number of halogens is 2. The lowest BCUT2D eigenvalue weighted by Gasteiger charge is -2.38. The fourth-order valence-corrected chi connectivity index (χ4v) is 5.40. The second-order valence-corrected chi connectivity index (χ2v) is 9.89. The number of thioether (sulfide) groups is 1. The molecule has 1 heterocycles. The van der Waals surface area contributed by atoms with Crippen LogP contribution in [-0.4, -0.2) is 35.0 Å². The number of carbonyl (C=O) groups is 1. The lowest BCUT2D eigenvalue weighted by Crippen LogP contribution is -2.49. The van der Waals surface area contributed by atoms with Crippen LogP contribution < -0.4 is 4.90 Å². The highest BCUT2D eigenvalue weighted by molar-refractivity contribution is 9.10. The highest BCUT2D eigenvalue weighted by Gasteiger charge is 2.30. The molecular formula is C23H25BrClN3OS. The lowest BCUT2D eigenvalue weighted by molar-refractivity contribution is 0.172. The van der Waals surface area contributed by atoms with Gasteiger partial charge in [0.2, 0.25) is 0 Å². The van der Waals surface area contributed by atoms with Crippen LogP contribution in [0.15, 0.2) is 46.9 Å². The summed E-state index contributed by atoms with van der Waals surface area (Å²) in [6.45, 7) is 3.10. The van der Waals surface area contributed by atoms with Crippen molar-refractivity contribution in [2.24, 2.45) is 0 Å². The third-order valence-corrected chi connectivity index (χ3v) is 6.95. The molecule has 0 bridgehead atoms. The van der Waals surface area contributed by atoms with Gasteiger partial charge in [-0.05, 0) is 66.7 Å². The van der Waals surface area contributed by atoms with E-state index < -0.39 is 0 Å². The number of benzene rings is 2. The smallest absolute Gasteiger partial charge is 0.317 e. The Morgan fingerprint density at radius 3 is 2.70 bits per heavy atom. The first-order valence-corrected chi connectivity index (χ1v) is 12.5. The molecule has 1 aliphatic heterocycles. The maximum Gasteiger partial charge on any atom is 0.325 e. The number of hydrogen-bond acceptors (Lipinski definition) is 3. The van der Waals surface area contributed by atoms with Gasteiger partial charge in [-0.1, -0.05) is 46.6 Å². The summed E-state index contributed by atoms with van der Waals surface area (Å²) in [4.78, 5) is 17.6. The fourth-order valence-electron chi connectivity index (χ4n) is 3.70. The van der Waals surface area contributed by atoms with Crippen molar-refractivity contribution in [1.82, 2.24) is 4.90 Å². The summed E-state index contributed by atoms with van der Waals surface area (Å²) in [5.41, 5.74) is 2.13. The second kappa shape index (κ2) is 11.1. The van der Waals surface area contributed by atoms with Crippen molar-refractivity contribution >= 4 is 51.0 Å². The molecule has 1 aliphatic rings. The Kier molecular flexibility index (Phi) is 8.50. The minimum atomic E-state index is -0.0625. The Bertz CT molecular complexity index is 927. The van der Waals surface area contributed by atoms with Crippen molar-refractivity contribution in [2.75, 3.05) is 23.0 Å². The zero-order valence-electron chi connectivity index (χ0n) is 17.0. The summed E-state index contributed by atoms with van der Waals surface area (Å²) in [5, 5.41) is 10.1. The van der Waals surface area contributed by atoms with E-state index in [0.29, 0.717) is 29.4 Å². The molecule has 3 rings (SSSR count). The molecule has 1 fully saturated rings. The number of urea groups is 1. The zero-order chi connectivity index (χ0) is 21.5. The summed E-state index contributed by atoms with van der Waals surface area (Å²) in [5.74, 6) is 2.11. The van der Waals surface area contributed by atoms with Gasteiger partial charge in [-0.2, -0.15) is 17.0 Å². The molecule has 0 saturated carbocycles. The van der Waals surface area contributed by atoms with Gasteiger partial charge < -0.3 is 4.90 Å². The Hall–Kier alpha value is -1.68. The zero-order valence-corrected chi connectivity index (χ0v) is 20.1. The molecule has 0 unspecified atom stereocenters. The topological polar surface area (TPSA) is 47.3 Å². The number of nitriles is 1. The predicted molar refractivity (Wildman–Crippen MR) is 129 cm³/mol. The number of anilines is 1. The van der Waals surface area contributed by atoms with Gasteiger partial charge in [0, 0.05) is 28.6 Å². The minimum Gasteiger partial charge on any atom is -0.317 e. The van der Waals surface area contributed by atoms with Gasteiger partial charge >= 0.3 is 6.03 Å². The number of carbonyl (C=O) groups excluding carboxylic acids is 1. The van der Waals surface area contributed by atoms with Gasteiger partial charge in [-0.25, -0.2) is 4.79 Å². The largest absolute Gasteiger partial charge is 0.325 e. The molecule has 0 N–H and O–H groups in total. The van der Waals surface area contributed by atoms with E-state index in [1.165, 1.54) is 0 Å². The average molecular weight is 507 g/mol. The Morgan fingerprint density at radius 2 is 2.03 bits per heavy atom. The van der Waals surface area contributed by atoms with Crippen LogP contribution in [0.2, 0.25) is 5.02 Å². The van der Waals surface area contributed by atoms with Crippen LogP contribution in [0.5, 0.6) is 0 Å². The van der Waals surface area contributed by atoms with Gasteiger partial charge in [0.25, 0.3) is 0 Å². The Labute approximate surface area is 196 Å². The SMILES string of the molecule is CCCN(C(=O)N(Cc1cccc(Br)c1)C1CCSCC1)c1cc(Cl)ccc1C#N. The molecule has 1 saturated heterocycles. The first-order chi connectivity index (χ1) is 14.5. The van der Waals surface area contributed by atoms with E-state index in [0.717, 1.165) is 40.8 Å². The van der Waals surface area contributed by atoms with Crippen LogP contribution in [0, 0.1) is 11.3 Å². The van der Waals surface area contributed by atoms with Gasteiger partial charge in [-0.3, -0.25) is 4.90 Å². The Balaban J connectivity index is 1.98. The van der Waals surface area contributed by atoms with Gasteiger partial charge in [0.15, 0.2) is 0 Å². The monoisotopic (exact) mass is 505 g/mol. The molecule has 7 heteroatoms. The van der Waals surface area contributed by atoms with E-state index in [1.54, 1.807) is 23.1 Å². The van der Waals surface area contributed by atoms with Crippen molar-refractivity contribution in [1.29, 1.82) is 5.26 Å². The molecule has 158 valence electrons. The molecule has 0 atom stereocenters. The van der Waals surface area contributed by atoms with Crippen LogP contribution in [-0.2, 0) is 6.54 Å². The number of rotatable bonds is 6. The van der Waals surface area contributed by atoms with Crippen LogP contribution in [0.3, 0.4) is 0 Å². The first kappa shape index (κ1) is 23.0. The summed E-state index contributed by atoms with van der Waals surface area (Å²) >= 11 is 11.7. The molecule has 0 aromatic heterocycles. The van der Waals surface area contributed by atoms with Crippen LogP contribution in [0.25, 0.3) is 0 Å². The Morgan fingerprint density at radius 1 is 1.27 bits per heavy atom. The van der Waals surface area contributed by atoms with Crippen molar-refractivity contribution in [2.45, 2.75) is 38.8 Å². The molecule has 0 radical (unpaired) electrons. The van der Waals surface area contributed by atoms with E-state index >= 15 is 0 Å². The molecule has 2 amide bonds. The van der Waals surface area contributed by atoms with E-state index in [2.05, 4.69) is 28.1 Å². The summed E-state index contributed by atoms with van der Waals surface area (Å²) < 4.78 is 0.999. The normalized spacial score (nSPS) is 14.2. The fraction of sp³-hybridized carbons (Fsp3) is 0.391. The second-order valence-electron chi connectivity index (χ2n) is 7.31. The maximum atomic E-state index is 13.9. The van der Waals surface area contributed by atoms with Gasteiger partial charge in [0.05, 0.1) is 11.3 Å². The molecule has 4 nitrogen and oxygen atoms in total. The van der Waals surface area contributed by atoms with Crippen molar-refractivity contribution in [3.05, 3.63) is 63.1 Å². The minimum absolute atomic E-state index is 0.0625. The van der Waals surface area contributed by atoms with Crippen molar-refractivity contribution < 1.29 is 4.79 Å². The molecular weight excluding hydrogens is 482 g/mol. The standard InChI is InChI=1S/C23H25BrClN3OS/c1-2-10-27(22-14-20(25)7-6-18(22)15-26)23(29)28(21-8-11-30-12-9-21)16-17-4-3-5-19(24)13-17/h3-7,13-14,21H,2,8-12,16H2,1H3. The average Bonchev–Trinajstić information content (AvgIpc) is 2.76. The predicted octanol–water partition coefficient (Wildman–Crippen LogP) is 6.71. The van der Waals surface area contributed by atoms with E-state index in [-0.39, 0.29) is 12.1 Å². The molecule has 30 heavy (non-hydrogen) atoms. The van der Waals surface area contributed by atoms with Crippen molar-refractivity contribution in [3.63, 3.8) is 0 Å². The van der Waals surface area contributed by atoms with Gasteiger partial charge in [0.1, 0.15) is 6.07 Å². The van der Waals surface area contributed by atoms with E-state index in [4.69, 9.17) is 11.6 Å². The van der Waals surface area contributed by atoms with Crippen LogP contribution in [0.1, 0.15) is 37.3 Å². The molecule has 2 aromatic carbocycles. The molecule has 0 spiro atoms. The lowest BCUT2D eigenvalue weighted by atomic mass is 10.1. The molecule has 0 aliphatic carbocycles. The van der Waals surface area contributed by atoms with Crippen molar-refractivity contribution in [3.8, 4) is 6.07 Å². The van der Waals surface area contributed by atoms with E-state index in [9.17, 15) is 10.1 Å². The third kappa shape index (κ3) is 5.72. The van der Waals surface area contributed by atoms with Gasteiger partial charge in [-0.15, -0.1) is 0 Å². The maximum absolute atomic E-state index is 13.9. The highest BCUT2D eigenvalue weighted by Crippen LogP contribution is 2.30. The van der Waals surface area contributed by atoms with E-state index in [1.807, 2.05) is 41.8 Å². The third-order valence-electron chi connectivity index (χ3n) is 5.17. The number of amides is 2. The quantitative estimate of drug-likeness (QED) is 0.437. The number of hydrogen-bond donors (Lipinski definition) is 0.